The number of cyclic esters (lactones) is 1. The minimum absolute atomic E-state index is 0.0777. The van der Waals surface area contributed by atoms with Gasteiger partial charge in [-0.1, -0.05) is 44.2 Å². The molecule has 1 aliphatic rings. The smallest absolute Gasteiger partial charge is 0.306 e. The normalized spacial score (nSPS) is 22.2. The van der Waals surface area contributed by atoms with Crippen LogP contribution < -0.4 is 0 Å². The largest absolute Gasteiger partial charge is 0.461 e. The predicted octanol–water partition coefficient (Wildman–Crippen LogP) is 3.85. The van der Waals surface area contributed by atoms with Gasteiger partial charge in [0.15, 0.2) is 0 Å². The van der Waals surface area contributed by atoms with Gasteiger partial charge in [-0.2, -0.15) is 0 Å². The molecule has 118 valence electrons. The molecule has 0 aliphatic carbocycles. The number of hydrogen-bond acceptors (Lipinski definition) is 3. The average molecular weight is 300 g/mol. The molecule has 3 heteroatoms. The maximum Gasteiger partial charge on any atom is 0.306 e. The summed E-state index contributed by atoms with van der Waals surface area (Å²) in [5.74, 6) is -0.115. The number of carbonyl (C=O) groups is 2. The van der Waals surface area contributed by atoms with Crippen LogP contribution in [0.2, 0.25) is 0 Å². The SMILES string of the molecule is C=CCC1Cc2ccccc2COC(=O)CC(C)(C)CC1=O. The van der Waals surface area contributed by atoms with E-state index in [2.05, 4.69) is 6.58 Å². The first-order valence-corrected chi connectivity index (χ1v) is 7.77. The van der Waals surface area contributed by atoms with Gasteiger partial charge in [-0.15, -0.1) is 6.58 Å². The fourth-order valence-electron chi connectivity index (χ4n) is 2.97. The van der Waals surface area contributed by atoms with Crippen LogP contribution in [0, 0.1) is 11.3 Å². The molecule has 0 saturated carbocycles. The second-order valence-electron chi connectivity index (χ2n) is 6.84. The van der Waals surface area contributed by atoms with Crippen LogP contribution in [0.5, 0.6) is 0 Å². The van der Waals surface area contributed by atoms with Crippen molar-refractivity contribution in [1.29, 1.82) is 0 Å². The molecular weight excluding hydrogens is 276 g/mol. The maximum absolute atomic E-state index is 12.7. The highest BCUT2D eigenvalue weighted by molar-refractivity contribution is 5.83. The summed E-state index contributed by atoms with van der Waals surface area (Å²) in [7, 11) is 0. The second-order valence-corrected chi connectivity index (χ2v) is 6.84. The molecule has 0 fully saturated rings. The molecule has 0 N–H and O–H groups in total. The standard InChI is InChI=1S/C19H24O3/c1-4-7-15-10-14-8-5-6-9-16(14)13-22-18(21)12-19(2,3)11-17(15)20/h4-6,8-9,15H,1,7,10-13H2,2-3H3. The third-order valence-electron chi connectivity index (χ3n) is 4.16. The lowest BCUT2D eigenvalue weighted by atomic mass is 9.79. The van der Waals surface area contributed by atoms with Gasteiger partial charge in [0.05, 0.1) is 6.42 Å². The van der Waals surface area contributed by atoms with Crippen LogP contribution in [0.4, 0.5) is 0 Å². The number of esters is 1. The van der Waals surface area contributed by atoms with Gasteiger partial charge >= 0.3 is 5.97 Å². The quantitative estimate of drug-likeness (QED) is 0.615. The summed E-state index contributed by atoms with van der Waals surface area (Å²) in [5.41, 5.74) is 1.69. The van der Waals surface area contributed by atoms with E-state index >= 15 is 0 Å². The Hall–Kier alpha value is -1.90. The van der Waals surface area contributed by atoms with Crippen molar-refractivity contribution in [3.63, 3.8) is 0 Å². The lowest BCUT2D eigenvalue weighted by Gasteiger charge is -2.24. The number of Topliss-reactive ketones (excluding diaryl/α,β-unsaturated/α-hetero) is 1. The Kier molecular flexibility index (Phi) is 5.17. The minimum atomic E-state index is -0.371. The summed E-state index contributed by atoms with van der Waals surface area (Å²) < 4.78 is 5.40. The predicted molar refractivity (Wildman–Crippen MR) is 86.3 cm³/mol. The third-order valence-corrected chi connectivity index (χ3v) is 4.16. The number of benzene rings is 1. The zero-order valence-electron chi connectivity index (χ0n) is 13.4. The number of ether oxygens (including phenoxy) is 1. The third kappa shape index (κ3) is 4.30. The second kappa shape index (κ2) is 6.91. The Labute approximate surface area is 132 Å². The van der Waals surface area contributed by atoms with E-state index in [0.717, 1.165) is 11.1 Å². The molecule has 1 aromatic carbocycles. The van der Waals surface area contributed by atoms with E-state index in [1.54, 1.807) is 6.08 Å². The van der Waals surface area contributed by atoms with Gasteiger partial charge in [-0.3, -0.25) is 9.59 Å². The van der Waals surface area contributed by atoms with Crippen molar-refractivity contribution in [2.75, 3.05) is 0 Å². The zero-order valence-corrected chi connectivity index (χ0v) is 13.4. The maximum atomic E-state index is 12.7. The molecular formula is C19H24O3. The lowest BCUT2D eigenvalue weighted by Crippen LogP contribution is -2.26. The van der Waals surface area contributed by atoms with E-state index in [0.29, 0.717) is 19.3 Å². The first-order valence-electron chi connectivity index (χ1n) is 7.77. The molecule has 1 aromatic rings. The zero-order chi connectivity index (χ0) is 16.2. The summed E-state index contributed by atoms with van der Waals surface area (Å²) in [5, 5.41) is 0. The average Bonchev–Trinajstić information content (AvgIpc) is 2.45. The first-order chi connectivity index (χ1) is 10.4. The van der Waals surface area contributed by atoms with E-state index in [1.807, 2.05) is 38.1 Å². The number of carbonyl (C=O) groups excluding carboxylic acids is 2. The molecule has 1 heterocycles. The molecule has 0 bridgehead atoms. The molecule has 0 saturated heterocycles. The van der Waals surface area contributed by atoms with Crippen molar-refractivity contribution < 1.29 is 14.3 Å². The van der Waals surface area contributed by atoms with Crippen molar-refractivity contribution in [1.82, 2.24) is 0 Å². The van der Waals surface area contributed by atoms with Crippen molar-refractivity contribution in [2.24, 2.45) is 11.3 Å². The first kappa shape index (κ1) is 16.5. The molecule has 0 amide bonds. The lowest BCUT2D eigenvalue weighted by molar-refractivity contribution is -0.147. The van der Waals surface area contributed by atoms with E-state index in [4.69, 9.17) is 4.74 Å². The highest BCUT2D eigenvalue weighted by Crippen LogP contribution is 2.31. The van der Waals surface area contributed by atoms with Crippen LogP contribution in [0.15, 0.2) is 36.9 Å². The summed E-state index contributed by atoms with van der Waals surface area (Å²) in [4.78, 5) is 24.7. The fourth-order valence-corrected chi connectivity index (χ4v) is 2.97. The summed E-state index contributed by atoms with van der Waals surface area (Å²) in [6.07, 6.45) is 3.80. The van der Waals surface area contributed by atoms with E-state index in [1.165, 1.54) is 0 Å². The van der Waals surface area contributed by atoms with Gasteiger partial charge in [-0.25, -0.2) is 0 Å². The molecule has 22 heavy (non-hydrogen) atoms. The summed E-state index contributed by atoms with van der Waals surface area (Å²) in [6, 6.07) is 7.86. The molecule has 1 atom stereocenters. The van der Waals surface area contributed by atoms with Crippen LogP contribution >= 0.6 is 0 Å². The van der Waals surface area contributed by atoms with Gasteiger partial charge in [0, 0.05) is 12.3 Å². The van der Waals surface area contributed by atoms with Gasteiger partial charge in [-0.05, 0) is 29.4 Å². The highest BCUT2D eigenvalue weighted by atomic mass is 16.5. The Morgan fingerprint density at radius 2 is 1.91 bits per heavy atom. The van der Waals surface area contributed by atoms with Gasteiger partial charge in [0.1, 0.15) is 12.4 Å². The molecule has 0 radical (unpaired) electrons. The van der Waals surface area contributed by atoms with Crippen molar-refractivity contribution in [2.45, 2.75) is 46.1 Å². The molecule has 1 unspecified atom stereocenters. The van der Waals surface area contributed by atoms with Gasteiger partial charge < -0.3 is 4.74 Å². The van der Waals surface area contributed by atoms with E-state index in [9.17, 15) is 9.59 Å². The number of fused-ring (bicyclic) bond motifs is 1. The molecule has 0 aromatic heterocycles. The van der Waals surface area contributed by atoms with Crippen LogP contribution in [0.1, 0.15) is 44.2 Å². The van der Waals surface area contributed by atoms with Crippen LogP contribution in [-0.4, -0.2) is 11.8 Å². The van der Waals surface area contributed by atoms with Crippen LogP contribution in [0.25, 0.3) is 0 Å². The van der Waals surface area contributed by atoms with E-state index < -0.39 is 0 Å². The monoisotopic (exact) mass is 300 g/mol. The Morgan fingerprint density at radius 3 is 2.59 bits per heavy atom. The van der Waals surface area contributed by atoms with Gasteiger partial charge in [0.25, 0.3) is 0 Å². The Balaban J connectivity index is 2.35. The number of hydrogen-bond donors (Lipinski definition) is 0. The van der Waals surface area contributed by atoms with Crippen molar-refractivity contribution in [3.8, 4) is 0 Å². The fraction of sp³-hybridized carbons (Fsp3) is 0.474. The molecule has 2 rings (SSSR count). The number of rotatable bonds is 2. The molecule has 3 nitrogen and oxygen atoms in total. The van der Waals surface area contributed by atoms with Gasteiger partial charge in [0.2, 0.25) is 0 Å². The highest BCUT2D eigenvalue weighted by Gasteiger charge is 2.30. The summed E-state index contributed by atoms with van der Waals surface area (Å²) in [6.45, 7) is 7.95. The van der Waals surface area contributed by atoms with Crippen molar-refractivity contribution >= 4 is 11.8 Å². The topological polar surface area (TPSA) is 43.4 Å². The molecule has 0 spiro atoms. The van der Waals surface area contributed by atoms with Crippen LogP contribution in [-0.2, 0) is 27.4 Å². The Bertz CT molecular complexity index is 572. The summed E-state index contributed by atoms with van der Waals surface area (Å²) >= 11 is 0. The van der Waals surface area contributed by atoms with Crippen molar-refractivity contribution in [3.05, 3.63) is 48.0 Å². The Morgan fingerprint density at radius 1 is 1.23 bits per heavy atom. The number of ketones is 1. The molecule has 1 aliphatic heterocycles. The van der Waals surface area contributed by atoms with Crippen LogP contribution in [0.3, 0.4) is 0 Å². The van der Waals surface area contributed by atoms with E-state index in [-0.39, 0.29) is 36.1 Å². The minimum Gasteiger partial charge on any atom is -0.461 e. The number of allylic oxidation sites excluding steroid dienone is 1.